The molecule has 1 fully saturated rings. The van der Waals surface area contributed by atoms with Crippen LogP contribution in [0.3, 0.4) is 0 Å². The summed E-state index contributed by atoms with van der Waals surface area (Å²) in [5, 5.41) is 2.80. The van der Waals surface area contributed by atoms with E-state index in [9.17, 15) is 14.0 Å². The number of carbonyl (C=O) groups is 2. The molecular weight excluding hydrogens is 334 g/mol. The van der Waals surface area contributed by atoms with Crippen LogP contribution in [0.1, 0.15) is 22.8 Å². The summed E-state index contributed by atoms with van der Waals surface area (Å²) in [6.45, 7) is 5.49. The average molecular weight is 355 g/mol. The van der Waals surface area contributed by atoms with Crippen molar-refractivity contribution in [3.63, 3.8) is 0 Å². The molecule has 0 radical (unpaired) electrons. The number of aromatic nitrogens is 1. The molecule has 0 atom stereocenters. The lowest BCUT2D eigenvalue weighted by molar-refractivity contribution is -0.130. The van der Waals surface area contributed by atoms with Gasteiger partial charge in [0, 0.05) is 51.5 Å². The van der Waals surface area contributed by atoms with E-state index in [0.29, 0.717) is 11.3 Å². The van der Waals surface area contributed by atoms with E-state index in [1.54, 1.807) is 6.92 Å². The van der Waals surface area contributed by atoms with Gasteiger partial charge in [-0.25, -0.2) is 4.98 Å². The van der Waals surface area contributed by atoms with Gasteiger partial charge in [0.1, 0.15) is 0 Å². The van der Waals surface area contributed by atoms with Crippen LogP contribution in [0.15, 0.2) is 42.6 Å². The first-order valence-corrected chi connectivity index (χ1v) is 8.51. The molecule has 1 aromatic carbocycles. The van der Waals surface area contributed by atoms with Crippen molar-refractivity contribution < 1.29 is 14.0 Å². The fourth-order valence-corrected chi connectivity index (χ4v) is 2.94. The molecular formula is C19H21FN4O2. The summed E-state index contributed by atoms with van der Waals surface area (Å²) in [5.41, 5.74) is 2.06. The number of carbonyl (C=O) groups excluding carboxylic acids is 2. The molecule has 1 saturated heterocycles. The largest absolute Gasteiger partial charge is 0.340 e. The average Bonchev–Trinajstić information content (AvgIpc) is 2.63. The molecule has 2 heterocycles. The Morgan fingerprint density at radius 3 is 2.58 bits per heavy atom. The molecule has 1 N–H and O–H groups in total. The highest BCUT2D eigenvalue weighted by atomic mass is 18.2. The van der Waals surface area contributed by atoms with Gasteiger partial charge in [0.25, 0.3) is 5.91 Å². The lowest BCUT2D eigenvalue weighted by atomic mass is 10.1. The Bertz CT molecular complexity index is 786. The highest BCUT2D eigenvalue weighted by molar-refractivity contribution is 6.04. The van der Waals surface area contributed by atoms with E-state index in [1.165, 1.54) is 12.3 Å². The fourth-order valence-electron chi connectivity index (χ4n) is 2.94. The zero-order valence-corrected chi connectivity index (χ0v) is 14.6. The van der Waals surface area contributed by atoms with Crippen LogP contribution in [0.4, 0.5) is 10.1 Å². The van der Waals surface area contributed by atoms with Gasteiger partial charge in [-0.2, -0.15) is 4.39 Å². The maximum atomic E-state index is 12.9. The number of piperazine rings is 1. The molecule has 1 aliphatic heterocycles. The molecule has 26 heavy (non-hydrogen) atoms. The third kappa shape index (κ3) is 4.64. The number of nitrogens with one attached hydrogen (secondary N) is 1. The Morgan fingerprint density at radius 1 is 1.15 bits per heavy atom. The molecule has 0 aliphatic carbocycles. The summed E-state index contributed by atoms with van der Waals surface area (Å²) in [6.07, 6.45) is 1.21. The molecule has 2 aromatic rings. The lowest BCUT2D eigenvalue weighted by Crippen LogP contribution is -2.47. The van der Waals surface area contributed by atoms with Gasteiger partial charge in [0.15, 0.2) is 0 Å². The predicted octanol–water partition coefficient (Wildman–Crippen LogP) is 2.14. The number of benzene rings is 1. The molecule has 7 heteroatoms. The van der Waals surface area contributed by atoms with E-state index >= 15 is 0 Å². The van der Waals surface area contributed by atoms with Crippen LogP contribution in [-0.4, -0.2) is 52.8 Å². The first-order valence-electron chi connectivity index (χ1n) is 8.51. The quantitative estimate of drug-likeness (QED) is 0.854. The minimum Gasteiger partial charge on any atom is -0.340 e. The maximum absolute atomic E-state index is 12.9. The van der Waals surface area contributed by atoms with Gasteiger partial charge in [0.2, 0.25) is 11.9 Å². The molecule has 2 amide bonds. The summed E-state index contributed by atoms with van der Waals surface area (Å²) in [5.74, 6) is -0.831. The fraction of sp³-hybridized carbons (Fsp3) is 0.316. The third-order valence-electron chi connectivity index (χ3n) is 4.40. The number of hydrogen-bond donors (Lipinski definition) is 1. The van der Waals surface area contributed by atoms with Crippen molar-refractivity contribution in [2.75, 3.05) is 31.5 Å². The van der Waals surface area contributed by atoms with Crippen molar-refractivity contribution in [3.05, 3.63) is 59.7 Å². The van der Waals surface area contributed by atoms with E-state index in [0.717, 1.165) is 44.4 Å². The Balaban J connectivity index is 1.59. The number of halogens is 1. The Morgan fingerprint density at radius 2 is 1.92 bits per heavy atom. The maximum Gasteiger partial charge on any atom is 0.257 e. The highest BCUT2D eigenvalue weighted by Crippen LogP contribution is 2.15. The summed E-state index contributed by atoms with van der Waals surface area (Å²) < 4.78 is 12.9. The zero-order valence-electron chi connectivity index (χ0n) is 14.6. The zero-order chi connectivity index (χ0) is 18.5. The predicted molar refractivity (Wildman–Crippen MR) is 96.1 cm³/mol. The lowest BCUT2D eigenvalue weighted by Gasteiger charge is -2.34. The highest BCUT2D eigenvalue weighted by Gasteiger charge is 2.18. The molecule has 0 bridgehead atoms. The van der Waals surface area contributed by atoms with Crippen LogP contribution in [0.25, 0.3) is 0 Å². The Kier molecular flexibility index (Phi) is 5.58. The van der Waals surface area contributed by atoms with Crippen LogP contribution < -0.4 is 5.32 Å². The van der Waals surface area contributed by atoms with Gasteiger partial charge >= 0.3 is 0 Å². The second-order valence-electron chi connectivity index (χ2n) is 6.31. The van der Waals surface area contributed by atoms with Gasteiger partial charge < -0.3 is 10.2 Å². The number of hydrogen-bond acceptors (Lipinski definition) is 4. The molecule has 6 nitrogen and oxygen atoms in total. The minimum atomic E-state index is -0.617. The topological polar surface area (TPSA) is 65.5 Å². The van der Waals surface area contributed by atoms with Gasteiger partial charge in [0.05, 0.1) is 5.56 Å². The van der Waals surface area contributed by atoms with E-state index in [2.05, 4.69) is 15.2 Å². The van der Waals surface area contributed by atoms with E-state index < -0.39 is 5.95 Å². The summed E-state index contributed by atoms with van der Waals surface area (Å²) in [6, 6.07) is 10.2. The minimum absolute atomic E-state index is 0.115. The number of pyridine rings is 1. The van der Waals surface area contributed by atoms with Crippen LogP contribution in [-0.2, 0) is 11.3 Å². The summed E-state index contributed by atoms with van der Waals surface area (Å²) in [4.78, 5) is 31.2. The Labute approximate surface area is 151 Å². The molecule has 0 spiro atoms. The smallest absolute Gasteiger partial charge is 0.257 e. The molecule has 0 saturated carbocycles. The molecule has 3 rings (SSSR count). The first kappa shape index (κ1) is 18.0. The van der Waals surface area contributed by atoms with E-state index in [4.69, 9.17) is 0 Å². The van der Waals surface area contributed by atoms with Gasteiger partial charge in [-0.15, -0.1) is 0 Å². The number of anilines is 1. The molecule has 1 aromatic heterocycles. The summed E-state index contributed by atoms with van der Waals surface area (Å²) >= 11 is 0. The van der Waals surface area contributed by atoms with E-state index in [-0.39, 0.29) is 11.8 Å². The summed E-state index contributed by atoms with van der Waals surface area (Å²) in [7, 11) is 0. The van der Waals surface area contributed by atoms with Crippen LogP contribution in [0, 0.1) is 5.95 Å². The second-order valence-corrected chi connectivity index (χ2v) is 6.31. The first-order chi connectivity index (χ1) is 12.5. The van der Waals surface area contributed by atoms with Gasteiger partial charge in [-0.1, -0.05) is 12.1 Å². The van der Waals surface area contributed by atoms with Crippen LogP contribution in [0.2, 0.25) is 0 Å². The van der Waals surface area contributed by atoms with E-state index in [1.807, 2.05) is 29.2 Å². The van der Waals surface area contributed by atoms with Gasteiger partial charge in [-0.05, 0) is 29.8 Å². The van der Waals surface area contributed by atoms with Gasteiger partial charge in [-0.3, -0.25) is 14.5 Å². The van der Waals surface area contributed by atoms with Crippen molar-refractivity contribution in [1.29, 1.82) is 0 Å². The van der Waals surface area contributed by atoms with Crippen molar-refractivity contribution >= 4 is 17.5 Å². The number of amides is 2. The van der Waals surface area contributed by atoms with Crippen molar-refractivity contribution in [2.24, 2.45) is 0 Å². The van der Waals surface area contributed by atoms with Crippen LogP contribution in [0.5, 0.6) is 0 Å². The SMILES string of the molecule is CC(=O)N1CCN(Cc2cccc(NC(=O)c3ccc([18F])nc3)c2)CC1. The third-order valence-corrected chi connectivity index (χ3v) is 4.40. The number of rotatable bonds is 4. The second kappa shape index (κ2) is 8.05. The number of nitrogens with zero attached hydrogens (tertiary/aromatic N) is 3. The van der Waals surface area contributed by atoms with Crippen molar-refractivity contribution in [2.45, 2.75) is 13.5 Å². The molecule has 136 valence electrons. The molecule has 1 aliphatic rings. The molecule has 0 unspecified atom stereocenters. The standard InChI is InChI=1S/C19H21FN4O2/c1-14(25)24-9-7-23(8-10-24)13-15-3-2-4-17(11-15)22-19(26)16-5-6-18(20)21-12-16/h2-6,11-12H,7-10,13H2,1H3,(H,22,26)/i20-1. The van der Waals surface area contributed by atoms with Crippen molar-refractivity contribution in [1.82, 2.24) is 14.8 Å². The monoisotopic (exact) mass is 355 g/mol. The van der Waals surface area contributed by atoms with Crippen molar-refractivity contribution in [3.8, 4) is 0 Å². The van der Waals surface area contributed by atoms with Crippen LogP contribution >= 0.6 is 0 Å². The normalized spacial score (nSPS) is 14.9. The Hall–Kier alpha value is -2.80.